The molecule has 0 aromatic heterocycles. The Hall–Kier alpha value is -1.80. The van der Waals surface area contributed by atoms with Gasteiger partial charge in [-0.15, -0.1) is 0 Å². The first kappa shape index (κ1) is 15.6. The summed E-state index contributed by atoms with van der Waals surface area (Å²) in [5.41, 5.74) is 2.07. The lowest BCUT2D eigenvalue weighted by atomic mass is 9.90. The minimum Gasteiger partial charge on any atom is -0.378 e. The first-order valence-corrected chi connectivity index (χ1v) is 7.59. The molecule has 0 saturated carbocycles. The largest absolute Gasteiger partial charge is 0.378 e. The monoisotopic (exact) mass is 301 g/mol. The van der Waals surface area contributed by atoms with Gasteiger partial charge in [-0.3, -0.25) is 4.79 Å². The highest BCUT2D eigenvalue weighted by Gasteiger charge is 2.24. The SMILES string of the molecule is CCC(=O)[C@H](C)[C@H](Nc1ccc(Cl)cc1)c1ccccc1. The molecule has 0 unspecified atom stereocenters. The van der Waals surface area contributed by atoms with Crippen molar-refractivity contribution in [3.63, 3.8) is 0 Å². The molecule has 2 nitrogen and oxygen atoms in total. The molecule has 0 aliphatic carbocycles. The minimum absolute atomic E-state index is 0.0418. The van der Waals surface area contributed by atoms with E-state index in [4.69, 9.17) is 11.6 Å². The van der Waals surface area contributed by atoms with E-state index in [1.54, 1.807) is 0 Å². The number of nitrogens with one attached hydrogen (secondary N) is 1. The number of hydrogen-bond donors (Lipinski definition) is 1. The zero-order valence-corrected chi connectivity index (χ0v) is 13.1. The number of rotatable bonds is 6. The lowest BCUT2D eigenvalue weighted by Crippen LogP contribution is -2.25. The van der Waals surface area contributed by atoms with E-state index in [0.29, 0.717) is 11.4 Å². The fraction of sp³-hybridized carbons (Fsp3) is 0.278. The van der Waals surface area contributed by atoms with Crippen LogP contribution >= 0.6 is 11.6 Å². The molecule has 2 aromatic carbocycles. The van der Waals surface area contributed by atoms with Gasteiger partial charge in [0.25, 0.3) is 0 Å². The summed E-state index contributed by atoms with van der Waals surface area (Å²) in [6.07, 6.45) is 0.548. The standard InChI is InChI=1S/C18H20ClNO/c1-3-17(21)13(2)18(14-7-5-4-6-8-14)20-16-11-9-15(19)10-12-16/h4-13,18,20H,3H2,1-2H3/t13-,18-/m0/s1. The van der Waals surface area contributed by atoms with Crippen LogP contribution in [0.2, 0.25) is 5.02 Å². The van der Waals surface area contributed by atoms with Crippen molar-refractivity contribution >= 4 is 23.1 Å². The van der Waals surface area contributed by atoms with Crippen LogP contribution in [-0.4, -0.2) is 5.78 Å². The van der Waals surface area contributed by atoms with E-state index in [-0.39, 0.29) is 17.7 Å². The van der Waals surface area contributed by atoms with Gasteiger partial charge in [0.05, 0.1) is 6.04 Å². The van der Waals surface area contributed by atoms with Crippen LogP contribution in [0.5, 0.6) is 0 Å². The Morgan fingerprint density at radius 2 is 1.71 bits per heavy atom. The molecule has 0 radical (unpaired) electrons. The highest BCUT2D eigenvalue weighted by Crippen LogP contribution is 2.28. The molecule has 0 aliphatic rings. The van der Waals surface area contributed by atoms with Crippen molar-refractivity contribution in [1.82, 2.24) is 0 Å². The summed E-state index contributed by atoms with van der Waals surface area (Å²) in [6.45, 7) is 3.88. The highest BCUT2D eigenvalue weighted by atomic mass is 35.5. The van der Waals surface area contributed by atoms with E-state index in [0.717, 1.165) is 11.3 Å². The average molecular weight is 302 g/mol. The van der Waals surface area contributed by atoms with Crippen LogP contribution < -0.4 is 5.32 Å². The molecule has 110 valence electrons. The predicted octanol–water partition coefficient (Wildman–Crippen LogP) is 5.11. The summed E-state index contributed by atoms with van der Waals surface area (Å²) in [5.74, 6) is 0.165. The molecule has 1 N–H and O–H groups in total. The number of ketones is 1. The van der Waals surface area contributed by atoms with E-state index in [9.17, 15) is 4.79 Å². The van der Waals surface area contributed by atoms with Gasteiger partial charge in [-0.2, -0.15) is 0 Å². The molecule has 0 saturated heterocycles. The minimum atomic E-state index is -0.0897. The second-order valence-electron chi connectivity index (χ2n) is 5.15. The topological polar surface area (TPSA) is 29.1 Å². The van der Waals surface area contributed by atoms with Gasteiger partial charge in [0.15, 0.2) is 0 Å². The number of halogens is 1. The molecule has 0 spiro atoms. The Balaban J connectivity index is 2.27. The number of benzene rings is 2. The quantitative estimate of drug-likeness (QED) is 0.803. The van der Waals surface area contributed by atoms with Crippen LogP contribution in [0.1, 0.15) is 31.9 Å². The highest BCUT2D eigenvalue weighted by molar-refractivity contribution is 6.30. The summed E-state index contributed by atoms with van der Waals surface area (Å²) in [4.78, 5) is 12.1. The molecule has 0 aliphatic heterocycles. The molecule has 0 amide bonds. The zero-order chi connectivity index (χ0) is 15.2. The summed E-state index contributed by atoms with van der Waals surface area (Å²) in [5, 5.41) is 4.16. The summed E-state index contributed by atoms with van der Waals surface area (Å²) in [6, 6.07) is 17.6. The van der Waals surface area contributed by atoms with E-state index < -0.39 is 0 Å². The van der Waals surface area contributed by atoms with E-state index in [1.807, 2.05) is 68.4 Å². The van der Waals surface area contributed by atoms with Crippen LogP contribution in [0.4, 0.5) is 5.69 Å². The van der Waals surface area contributed by atoms with Crippen LogP contribution in [0.25, 0.3) is 0 Å². The first-order chi connectivity index (χ1) is 10.1. The van der Waals surface area contributed by atoms with E-state index in [2.05, 4.69) is 5.32 Å². The third-order valence-electron chi connectivity index (χ3n) is 3.68. The molecule has 3 heteroatoms. The lowest BCUT2D eigenvalue weighted by molar-refractivity contribution is -0.122. The van der Waals surface area contributed by atoms with Crippen LogP contribution in [-0.2, 0) is 4.79 Å². The number of Topliss-reactive ketones (excluding diaryl/α,β-unsaturated/α-hetero) is 1. The van der Waals surface area contributed by atoms with Gasteiger partial charge >= 0.3 is 0 Å². The van der Waals surface area contributed by atoms with E-state index in [1.165, 1.54) is 0 Å². The van der Waals surface area contributed by atoms with Crippen LogP contribution in [0, 0.1) is 5.92 Å². The van der Waals surface area contributed by atoms with Gasteiger partial charge in [0.1, 0.15) is 5.78 Å². The van der Waals surface area contributed by atoms with Crippen molar-refractivity contribution in [2.45, 2.75) is 26.3 Å². The summed E-state index contributed by atoms with van der Waals surface area (Å²) in [7, 11) is 0. The lowest BCUT2D eigenvalue weighted by Gasteiger charge is -2.25. The maximum absolute atomic E-state index is 12.1. The van der Waals surface area contributed by atoms with Crippen molar-refractivity contribution in [2.75, 3.05) is 5.32 Å². The second-order valence-corrected chi connectivity index (χ2v) is 5.58. The summed E-state index contributed by atoms with van der Waals surface area (Å²) >= 11 is 5.92. The third-order valence-corrected chi connectivity index (χ3v) is 3.93. The zero-order valence-electron chi connectivity index (χ0n) is 12.3. The van der Waals surface area contributed by atoms with Gasteiger partial charge in [-0.25, -0.2) is 0 Å². The fourth-order valence-corrected chi connectivity index (χ4v) is 2.52. The number of carbonyl (C=O) groups excluding carboxylic acids is 1. The van der Waals surface area contributed by atoms with Crippen molar-refractivity contribution in [1.29, 1.82) is 0 Å². The number of anilines is 1. The Bertz CT molecular complexity index is 580. The van der Waals surface area contributed by atoms with Crippen molar-refractivity contribution < 1.29 is 4.79 Å². The predicted molar refractivity (Wildman–Crippen MR) is 88.7 cm³/mol. The second kappa shape index (κ2) is 7.28. The maximum atomic E-state index is 12.1. The molecule has 0 fully saturated rings. The van der Waals surface area contributed by atoms with Crippen molar-refractivity contribution in [2.24, 2.45) is 5.92 Å². The maximum Gasteiger partial charge on any atom is 0.137 e. The molecule has 0 heterocycles. The molecule has 2 atom stereocenters. The van der Waals surface area contributed by atoms with Gasteiger partial charge < -0.3 is 5.32 Å². The molecular formula is C18H20ClNO. The Morgan fingerprint density at radius 3 is 2.29 bits per heavy atom. The van der Waals surface area contributed by atoms with E-state index >= 15 is 0 Å². The Labute approximate surface area is 131 Å². The van der Waals surface area contributed by atoms with Crippen molar-refractivity contribution in [3.8, 4) is 0 Å². The smallest absolute Gasteiger partial charge is 0.137 e. The molecule has 2 rings (SSSR count). The molecule has 21 heavy (non-hydrogen) atoms. The number of hydrogen-bond acceptors (Lipinski definition) is 2. The molecule has 2 aromatic rings. The van der Waals surface area contributed by atoms with Gasteiger partial charge in [-0.05, 0) is 29.8 Å². The summed E-state index contributed by atoms with van der Waals surface area (Å²) < 4.78 is 0. The average Bonchev–Trinajstić information content (AvgIpc) is 2.53. The van der Waals surface area contributed by atoms with Gasteiger partial charge in [0, 0.05) is 23.0 Å². The van der Waals surface area contributed by atoms with Gasteiger partial charge in [-0.1, -0.05) is 55.8 Å². The first-order valence-electron chi connectivity index (χ1n) is 7.21. The Morgan fingerprint density at radius 1 is 1.10 bits per heavy atom. The Kier molecular flexibility index (Phi) is 5.40. The van der Waals surface area contributed by atoms with Crippen LogP contribution in [0.3, 0.4) is 0 Å². The molecular weight excluding hydrogens is 282 g/mol. The van der Waals surface area contributed by atoms with Crippen LogP contribution in [0.15, 0.2) is 54.6 Å². The number of carbonyl (C=O) groups is 1. The van der Waals surface area contributed by atoms with Gasteiger partial charge in [0.2, 0.25) is 0 Å². The molecule has 0 bridgehead atoms. The fourth-order valence-electron chi connectivity index (χ4n) is 2.39. The normalized spacial score (nSPS) is 13.5. The third kappa shape index (κ3) is 4.08. The van der Waals surface area contributed by atoms with Crippen molar-refractivity contribution in [3.05, 3.63) is 65.2 Å².